The summed E-state index contributed by atoms with van der Waals surface area (Å²) in [6, 6.07) is 0. The van der Waals surface area contributed by atoms with Crippen molar-refractivity contribution in [2.24, 2.45) is 0 Å². The van der Waals surface area contributed by atoms with Gasteiger partial charge in [-0.3, -0.25) is 0 Å². The van der Waals surface area contributed by atoms with E-state index in [0.29, 0.717) is 0 Å². The zero-order valence-electron chi connectivity index (χ0n) is 10.2. The van der Waals surface area contributed by atoms with Crippen LogP contribution in [0.3, 0.4) is 0 Å². The van der Waals surface area contributed by atoms with Crippen molar-refractivity contribution < 1.29 is 0 Å². The van der Waals surface area contributed by atoms with E-state index in [9.17, 15) is 0 Å². The molecule has 0 saturated carbocycles. The lowest BCUT2D eigenvalue weighted by Crippen LogP contribution is -2.19. The number of aromatic nitrogens is 4. The van der Waals surface area contributed by atoms with Gasteiger partial charge in [0, 0.05) is 50.5 Å². The molecule has 0 aromatic carbocycles. The standard InChI is InChI=1S/C11H17N5S/c1-3-10-13-11(17-14-10)15(2)6-4-7-16-8-5-12-9-16/h5,8-9H,3-4,6-7H2,1-2H3. The molecule has 0 radical (unpaired) electrons. The molecule has 0 aliphatic rings. The molecule has 0 spiro atoms. The Morgan fingerprint density at radius 1 is 1.47 bits per heavy atom. The minimum atomic E-state index is 0.902. The number of hydrogen-bond acceptors (Lipinski definition) is 5. The Bertz CT molecular complexity index is 436. The van der Waals surface area contributed by atoms with Crippen LogP contribution in [0.15, 0.2) is 18.7 Å². The summed E-state index contributed by atoms with van der Waals surface area (Å²) in [5.41, 5.74) is 0. The Hall–Kier alpha value is -1.43. The number of anilines is 1. The van der Waals surface area contributed by atoms with Crippen molar-refractivity contribution in [1.82, 2.24) is 18.9 Å². The van der Waals surface area contributed by atoms with Crippen molar-refractivity contribution in [1.29, 1.82) is 0 Å². The molecule has 0 fully saturated rings. The molecular weight excluding hydrogens is 234 g/mol. The molecule has 0 amide bonds. The van der Waals surface area contributed by atoms with E-state index in [1.54, 1.807) is 0 Å². The fraction of sp³-hybridized carbons (Fsp3) is 0.545. The Balaban J connectivity index is 1.78. The molecule has 17 heavy (non-hydrogen) atoms. The van der Waals surface area contributed by atoms with Crippen molar-refractivity contribution in [2.45, 2.75) is 26.3 Å². The van der Waals surface area contributed by atoms with Gasteiger partial charge in [-0.15, -0.1) is 0 Å². The van der Waals surface area contributed by atoms with Gasteiger partial charge < -0.3 is 9.47 Å². The lowest BCUT2D eigenvalue weighted by Gasteiger charge is -2.14. The first-order valence-corrected chi connectivity index (χ1v) is 6.56. The lowest BCUT2D eigenvalue weighted by molar-refractivity contribution is 0.637. The minimum absolute atomic E-state index is 0.902. The van der Waals surface area contributed by atoms with Crippen LogP contribution in [0.4, 0.5) is 5.13 Å². The first-order valence-electron chi connectivity index (χ1n) is 5.79. The van der Waals surface area contributed by atoms with Gasteiger partial charge in [0.2, 0.25) is 5.13 Å². The highest BCUT2D eigenvalue weighted by molar-refractivity contribution is 7.09. The molecular formula is C11H17N5S. The quantitative estimate of drug-likeness (QED) is 0.785. The second-order valence-electron chi connectivity index (χ2n) is 3.92. The summed E-state index contributed by atoms with van der Waals surface area (Å²) in [5.74, 6) is 0.937. The molecule has 2 aromatic heterocycles. The topological polar surface area (TPSA) is 46.8 Å². The van der Waals surface area contributed by atoms with Crippen LogP contribution in [0.2, 0.25) is 0 Å². The van der Waals surface area contributed by atoms with Crippen LogP contribution in [-0.2, 0) is 13.0 Å². The van der Waals surface area contributed by atoms with Gasteiger partial charge in [0.25, 0.3) is 0 Å². The van der Waals surface area contributed by atoms with Gasteiger partial charge in [0.1, 0.15) is 5.82 Å². The Kier molecular flexibility index (Phi) is 4.08. The van der Waals surface area contributed by atoms with E-state index >= 15 is 0 Å². The summed E-state index contributed by atoms with van der Waals surface area (Å²) in [5, 5.41) is 1.01. The predicted molar refractivity (Wildman–Crippen MR) is 69.4 cm³/mol. The van der Waals surface area contributed by atoms with Gasteiger partial charge in [-0.25, -0.2) is 9.97 Å². The maximum absolute atomic E-state index is 4.46. The summed E-state index contributed by atoms with van der Waals surface area (Å²) in [4.78, 5) is 10.6. The first-order chi connectivity index (χ1) is 8.29. The molecule has 2 aromatic rings. The highest BCUT2D eigenvalue weighted by atomic mass is 32.1. The van der Waals surface area contributed by atoms with E-state index in [4.69, 9.17) is 0 Å². The summed E-state index contributed by atoms with van der Waals surface area (Å²) in [7, 11) is 2.06. The van der Waals surface area contributed by atoms with Crippen LogP contribution in [-0.4, -0.2) is 32.5 Å². The second kappa shape index (κ2) is 5.77. The largest absolute Gasteiger partial charge is 0.350 e. The van der Waals surface area contributed by atoms with Crippen molar-refractivity contribution in [2.75, 3.05) is 18.5 Å². The SMILES string of the molecule is CCc1nsc(N(C)CCCn2ccnc2)n1. The average molecular weight is 251 g/mol. The number of aryl methyl sites for hydroxylation is 2. The molecule has 0 aliphatic heterocycles. The third-order valence-electron chi connectivity index (χ3n) is 2.57. The van der Waals surface area contributed by atoms with Crippen LogP contribution in [0, 0.1) is 0 Å². The molecule has 0 N–H and O–H groups in total. The van der Waals surface area contributed by atoms with Crippen molar-refractivity contribution >= 4 is 16.7 Å². The Morgan fingerprint density at radius 2 is 2.35 bits per heavy atom. The second-order valence-corrected chi connectivity index (χ2v) is 4.65. The van der Waals surface area contributed by atoms with Crippen LogP contribution in [0.25, 0.3) is 0 Å². The molecule has 92 valence electrons. The molecule has 5 nitrogen and oxygen atoms in total. The van der Waals surface area contributed by atoms with Crippen LogP contribution >= 0.6 is 11.5 Å². The van der Waals surface area contributed by atoms with Gasteiger partial charge in [-0.05, 0) is 6.42 Å². The van der Waals surface area contributed by atoms with Crippen LogP contribution in [0.5, 0.6) is 0 Å². The zero-order valence-corrected chi connectivity index (χ0v) is 11.0. The maximum atomic E-state index is 4.46. The third kappa shape index (κ3) is 3.26. The number of hydrogen-bond donors (Lipinski definition) is 0. The number of rotatable bonds is 6. The maximum Gasteiger partial charge on any atom is 0.204 e. The molecule has 0 atom stereocenters. The van der Waals surface area contributed by atoms with Crippen molar-refractivity contribution in [3.05, 3.63) is 24.5 Å². The minimum Gasteiger partial charge on any atom is -0.350 e. The molecule has 0 unspecified atom stereocenters. The Labute approximate surface area is 105 Å². The summed E-state index contributed by atoms with van der Waals surface area (Å²) < 4.78 is 6.38. The van der Waals surface area contributed by atoms with Crippen molar-refractivity contribution in [3.8, 4) is 0 Å². The summed E-state index contributed by atoms with van der Waals surface area (Å²) >= 11 is 1.48. The molecule has 0 saturated heterocycles. The smallest absolute Gasteiger partial charge is 0.204 e. The van der Waals surface area contributed by atoms with E-state index in [0.717, 1.165) is 36.9 Å². The summed E-state index contributed by atoms with van der Waals surface area (Å²) in [6.45, 7) is 4.05. The van der Waals surface area contributed by atoms with Crippen LogP contribution < -0.4 is 4.90 Å². The van der Waals surface area contributed by atoms with E-state index in [2.05, 4.69) is 37.8 Å². The molecule has 0 aliphatic carbocycles. The number of imidazole rings is 1. The average Bonchev–Trinajstić information content (AvgIpc) is 2.99. The van der Waals surface area contributed by atoms with Gasteiger partial charge in [-0.2, -0.15) is 4.37 Å². The highest BCUT2D eigenvalue weighted by Gasteiger charge is 2.06. The normalized spacial score (nSPS) is 10.7. The summed E-state index contributed by atoms with van der Waals surface area (Å²) in [6.07, 6.45) is 7.62. The van der Waals surface area contributed by atoms with E-state index in [1.165, 1.54) is 11.5 Å². The highest BCUT2D eigenvalue weighted by Crippen LogP contribution is 2.16. The first kappa shape index (κ1) is 12.0. The fourth-order valence-electron chi connectivity index (χ4n) is 1.55. The van der Waals surface area contributed by atoms with Crippen molar-refractivity contribution in [3.63, 3.8) is 0 Å². The predicted octanol–water partition coefficient (Wildman–Crippen LogP) is 1.82. The van der Waals surface area contributed by atoms with Gasteiger partial charge in [0.15, 0.2) is 0 Å². The molecule has 2 heterocycles. The molecule has 6 heteroatoms. The Morgan fingerprint density at radius 3 is 3.00 bits per heavy atom. The van der Waals surface area contributed by atoms with Gasteiger partial charge in [0.05, 0.1) is 6.33 Å². The van der Waals surface area contributed by atoms with Gasteiger partial charge >= 0.3 is 0 Å². The zero-order chi connectivity index (χ0) is 12.1. The lowest BCUT2D eigenvalue weighted by atomic mass is 10.4. The van der Waals surface area contributed by atoms with E-state index in [1.807, 2.05) is 18.7 Å². The van der Waals surface area contributed by atoms with Gasteiger partial charge in [-0.1, -0.05) is 6.92 Å². The van der Waals surface area contributed by atoms with E-state index in [-0.39, 0.29) is 0 Å². The molecule has 0 bridgehead atoms. The fourth-order valence-corrected chi connectivity index (χ4v) is 2.28. The monoisotopic (exact) mass is 251 g/mol. The molecule has 2 rings (SSSR count). The number of nitrogens with zero attached hydrogens (tertiary/aromatic N) is 5. The van der Waals surface area contributed by atoms with E-state index < -0.39 is 0 Å². The van der Waals surface area contributed by atoms with Crippen LogP contribution in [0.1, 0.15) is 19.2 Å². The third-order valence-corrected chi connectivity index (χ3v) is 3.44.